The number of fused-ring (bicyclic) bond motifs is 1. The third kappa shape index (κ3) is 4.44. The molecule has 1 aromatic carbocycles. The van der Waals surface area contributed by atoms with Gasteiger partial charge in [-0.1, -0.05) is 12.1 Å². The number of pyridine rings is 1. The first-order valence-corrected chi connectivity index (χ1v) is 11.5. The van der Waals surface area contributed by atoms with Crippen LogP contribution in [0.4, 0.5) is 17.3 Å². The number of nitrogens with zero attached hydrogens (tertiary/aromatic N) is 5. The van der Waals surface area contributed by atoms with E-state index in [4.69, 9.17) is 22.0 Å². The molecule has 0 spiro atoms. The lowest BCUT2D eigenvalue weighted by molar-refractivity contribution is 0.0650. The molecule has 9 nitrogen and oxygen atoms in total. The van der Waals surface area contributed by atoms with E-state index in [2.05, 4.69) is 20.1 Å². The summed E-state index contributed by atoms with van der Waals surface area (Å²) in [5, 5.41) is 2.73. The summed E-state index contributed by atoms with van der Waals surface area (Å²) in [5.41, 5.74) is 9.54. The Balaban J connectivity index is 1.43. The van der Waals surface area contributed by atoms with Gasteiger partial charge in [-0.2, -0.15) is 0 Å². The van der Waals surface area contributed by atoms with Crippen LogP contribution in [0.1, 0.15) is 47.8 Å². The standard InChI is InChI=1S/C26H25N7O2/c1-28-19-11-12-29-21(15-19)31-26(34)18-5-3-16(4-6-18)22-23-24(27)30-13-14-33(23)25(32-22)17-7-9-20(35-2)10-8-17/h3-6,11-15,17,20H,7-10H2,2H3,(H2,27,30)(H,29,31,34). The summed E-state index contributed by atoms with van der Waals surface area (Å²) in [5.74, 6) is 1.73. The Hall–Kier alpha value is -4.29. The lowest BCUT2D eigenvalue weighted by Gasteiger charge is -2.26. The monoisotopic (exact) mass is 467 g/mol. The van der Waals surface area contributed by atoms with Crippen molar-refractivity contribution in [3.63, 3.8) is 0 Å². The van der Waals surface area contributed by atoms with Crippen LogP contribution in [0.25, 0.3) is 21.6 Å². The Morgan fingerprint density at radius 1 is 1.14 bits per heavy atom. The van der Waals surface area contributed by atoms with Gasteiger partial charge in [-0.3, -0.25) is 9.20 Å². The van der Waals surface area contributed by atoms with E-state index >= 15 is 0 Å². The Morgan fingerprint density at radius 2 is 1.91 bits per heavy atom. The maximum absolute atomic E-state index is 12.7. The molecule has 1 aliphatic rings. The van der Waals surface area contributed by atoms with Crippen LogP contribution >= 0.6 is 0 Å². The fraction of sp³-hybridized carbons (Fsp3) is 0.269. The normalized spacial score (nSPS) is 17.7. The quantitative estimate of drug-likeness (QED) is 0.406. The third-order valence-corrected chi connectivity index (χ3v) is 6.52. The molecular weight excluding hydrogens is 442 g/mol. The van der Waals surface area contributed by atoms with Gasteiger partial charge < -0.3 is 15.8 Å². The van der Waals surface area contributed by atoms with Crippen LogP contribution in [-0.4, -0.2) is 38.5 Å². The number of nitrogen functional groups attached to an aromatic ring is 1. The van der Waals surface area contributed by atoms with Crippen LogP contribution < -0.4 is 11.1 Å². The summed E-state index contributed by atoms with van der Waals surface area (Å²) in [6.07, 6.45) is 9.42. The molecule has 0 bridgehead atoms. The predicted molar refractivity (Wildman–Crippen MR) is 133 cm³/mol. The van der Waals surface area contributed by atoms with Crippen LogP contribution in [0.5, 0.6) is 0 Å². The zero-order valence-electron chi connectivity index (χ0n) is 19.3. The number of imidazole rings is 1. The number of aromatic nitrogens is 4. The van der Waals surface area contributed by atoms with Gasteiger partial charge >= 0.3 is 0 Å². The number of nitrogens with one attached hydrogen (secondary N) is 1. The van der Waals surface area contributed by atoms with E-state index in [1.54, 1.807) is 31.5 Å². The summed E-state index contributed by atoms with van der Waals surface area (Å²) in [6, 6.07) is 10.3. The number of hydrogen-bond donors (Lipinski definition) is 2. The van der Waals surface area contributed by atoms with E-state index < -0.39 is 0 Å². The SMILES string of the molecule is [C-]#[N+]c1ccnc(NC(=O)c2ccc(-c3nc(C4CCC(OC)CC4)n4ccnc(N)c34)cc2)c1. The largest absolute Gasteiger partial charge is 0.382 e. The Kier molecular flexibility index (Phi) is 6.12. The van der Waals surface area contributed by atoms with Gasteiger partial charge in [0.15, 0.2) is 5.69 Å². The summed E-state index contributed by atoms with van der Waals surface area (Å²) in [4.78, 5) is 29.5. The average Bonchev–Trinajstić information content (AvgIpc) is 3.30. The third-order valence-electron chi connectivity index (χ3n) is 6.52. The molecule has 1 aliphatic carbocycles. The van der Waals surface area contributed by atoms with Crippen molar-refractivity contribution in [1.29, 1.82) is 0 Å². The van der Waals surface area contributed by atoms with Crippen LogP contribution in [-0.2, 0) is 4.74 Å². The van der Waals surface area contributed by atoms with E-state index in [1.165, 1.54) is 12.3 Å². The van der Waals surface area contributed by atoms with Crippen molar-refractivity contribution in [1.82, 2.24) is 19.4 Å². The smallest absolute Gasteiger partial charge is 0.256 e. The lowest BCUT2D eigenvalue weighted by atomic mass is 9.87. The second kappa shape index (κ2) is 9.52. The van der Waals surface area contributed by atoms with Gasteiger partial charge in [0.1, 0.15) is 28.7 Å². The van der Waals surface area contributed by atoms with Crippen molar-refractivity contribution < 1.29 is 9.53 Å². The van der Waals surface area contributed by atoms with Gasteiger partial charge in [0, 0.05) is 42.7 Å². The average molecular weight is 468 g/mol. The minimum absolute atomic E-state index is 0.307. The van der Waals surface area contributed by atoms with Gasteiger partial charge in [0.2, 0.25) is 0 Å². The van der Waals surface area contributed by atoms with Gasteiger partial charge in [-0.25, -0.2) is 19.8 Å². The summed E-state index contributed by atoms with van der Waals surface area (Å²) in [6.45, 7) is 7.11. The predicted octanol–water partition coefficient (Wildman–Crippen LogP) is 4.85. The minimum Gasteiger partial charge on any atom is -0.382 e. The maximum atomic E-state index is 12.7. The number of anilines is 2. The summed E-state index contributed by atoms with van der Waals surface area (Å²) < 4.78 is 7.58. The fourth-order valence-corrected chi connectivity index (χ4v) is 4.66. The topological polar surface area (TPSA) is 112 Å². The molecule has 0 radical (unpaired) electrons. The zero-order valence-corrected chi connectivity index (χ0v) is 19.3. The number of carbonyl (C=O) groups is 1. The van der Waals surface area contributed by atoms with E-state index in [9.17, 15) is 4.79 Å². The highest BCUT2D eigenvalue weighted by molar-refractivity contribution is 6.04. The fourth-order valence-electron chi connectivity index (χ4n) is 4.66. The number of ether oxygens (including phenoxy) is 1. The zero-order chi connectivity index (χ0) is 24.4. The van der Waals surface area contributed by atoms with Gasteiger partial charge in [0.25, 0.3) is 5.91 Å². The minimum atomic E-state index is -0.308. The molecule has 5 rings (SSSR count). The highest BCUT2D eigenvalue weighted by Crippen LogP contribution is 2.37. The molecule has 0 atom stereocenters. The van der Waals surface area contributed by atoms with Crippen molar-refractivity contribution in [3.8, 4) is 11.3 Å². The van der Waals surface area contributed by atoms with Gasteiger partial charge in [0.05, 0.1) is 12.7 Å². The number of benzene rings is 1. The first kappa shape index (κ1) is 22.5. The first-order chi connectivity index (χ1) is 17.1. The highest BCUT2D eigenvalue weighted by Gasteiger charge is 2.27. The van der Waals surface area contributed by atoms with Crippen molar-refractivity contribution in [3.05, 3.63) is 77.8 Å². The van der Waals surface area contributed by atoms with E-state index in [-0.39, 0.29) is 5.91 Å². The molecule has 1 amide bonds. The number of methoxy groups -OCH3 is 1. The van der Waals surface area contributed by atoms with Gasteiger partial charge in [-0.15, -0.1) is 0 Å². The molecule has 35 heavy (non-hydrogen) atoms. The lowest BCUT2D eigenvalue weighted by Crippen LogP contribution is -2.20. The number of nitrogens with two attached hydrogens (primary N) is 1. The molecule has 0 saturated heterocycles. The number of rotatable bonds is 5. The summed E-state index contributed by atoms with van der Waals surface area (Å²) >= 11 is 0. The maximum Gasteiger partial charge on any atom is 0.256 e. The Labute approximate surface area is 202 Å². The number of hydrogen-bond acceptors (Lipinski definition) is 6. The second-order valence-electron chi connectivity index (χ2n) is 8.60. The van der Waals surface area contributed by atoms with Crippen molar-refractivity contribution in [2.45, 2.75) is 37.7 Å². The van der Waals surface area contributed by atoms with Crippen LogP contribution in [0.3, 0.4) is 0 Å². The molecule has 4 aromatic rings. The number of carbonyl (C=O) groups excluding carboxylic acids is 1. The molecule has 1 fully saturated rings. The molecule has 0 aliphatic heterocycles. The van der Waals surface area contributed by atoms with Gasteiger partial charge in [-0.05, 0) is 49.9 Å². The van der Waals surface area contributed by atoms with E-state index in [1.807, 2.05) is 22.7 Å². The second-order valence-corrected chi connectivity index (χ2v) is 8.60. The van der Waals surface area contributed by atoms with E-state index in [0.717, 1.165) is 48.3 Å². The molecule has 3 aromatic heterocycles. The highest BCUT2D eigenvalue weighted by atomic mass is 16.5. The Bertz CT molecular complexity index is 1410. The molecule has 3 heterocycles. The first-order valence-electron chi connectivity index (χ1n) is 11.5. The van der Waals surface area contributed by atoms with Crippen LogP contribution in [0.2, 0.25) is 0 Å². The van der Waals surface area contributed by atoms with Crippen molar-refractivity contribution in [2.75, 3.05) is 18.2 Å². The van der Waals surface area contributed by atoms with E-state index in [0.29, 0.717) is 34.9 Å². The van der Waals surface area contributed by atoms with Crippen LogP contribution in [0.15, 0.2) is 55.0 Å². The summed E-state index contributed by atoms with van der Waals surface area (Å²) in [7, 11) is 1.77. The van der Waals surface area contributed by atoms with Crippen LogP contribution in [0, 0.1) is 6.57 Å². The number of amides is 1. The molecular formula is C26H25N7O2. The molecule has 3 N–H and O–H groups in total. The molecule has 9 heteroatoms. The van der Waals surface area contributed by atoms with Crippen molar-refractivity contribution in [2.24, 2.45) is 0 Å². The molecule has 1 saturated carbocycles. The van der Waals surface area contributed by atoms with Crippen molar-refractivity contribution >= 4 is 28.7 Å². The molecule has 176 valence electrons. The Morgan fingerprint density at radius 3 is 2.63 bits per heavy atom. The molecule has 0 unspecified atom stereocenters.